The van der Waals surface area contributed by atoms with Crippen molar-refractivity contribution in [1.29, 1.82) is 0 Å². The standard InChI is InChI=1S/C7H6ClN5O2/c8-1-4(14)12-13-3-11-5-6(13)9-2-10-7(5)15/h2-3H,1H2,(H,12,14)(H,9,10,15). The topological polar surface area (TPSA) is 92.7 Å². The lowest BCUT2D eigenvalue weighted by Crippen LogP contribution is -2.23. The molecule has 1 amide bonds. The maximum atomic E-state index is 11.2. The number of imidazole rings is 1. The Hall–Kier alpha value is -1.89. The minimum absolute atomic E-state index is 0.160. The monoisotopic (exact) mass is 227 g/mol. The van der Waals surface area contributed by atoms with Gasteiger partial charge in [0.25, 0.3) is 11.5 Å². The van der Waals surface area contributed by atoms with Crippen LogP contribution in [0.25, 0.3) is 11.2 Å². The Labute approximate surface area is 88.1 Å². The second kappa shape index (κ2) is 3.70. The third-order valence-electron chi connectivity index (χ3n) is 1.71. The van der Waals surface area contributed by atoms with Crippen LogP contribution in [0.3, 0.4) is 0 Å². The third-order valence-corrected chi connectivity index (χ3v) is 1.95. The highest BCUT2D eigenvalue weighted by atomic mass is 35.5. The highest BCUT2D eigenvalue weighted by molar-refractivity contribution is 6.28. The van der Waals surface area contributed by atoms with Gasteiger partial charge in [-0.1, -0.05) is 0 Å². The van der Waals surface area contributed by atoms with Crippen LogP contribution in [0.4, 0.5) is 0 Å². The van der Waals surface area contributed by atoms with E-state index in [1.807, 2.05) is 0 Å². The predicted octanol–water partition coefficient (Wildman–Crippen LogP) is -0.572. The van der Waals surface area contributed by atoms with Gasteiger partial charge >= 0.3 is 0 Å². The first kappa shape index (κ1) is 9.66. The van der Waals surface area contributed by atoms with Gasteiger partial charge in [0.1, 0.15) is 12.2 Å². The number of rotatable bonds is 2. The van der Waals surface area contributed by atoms with Gasteiger partial charge in [-0.2, -0.15) is 0 Å². The molecule has 0 aliphatic rings. The fourth-order valence-corrected chi connectivity index (χ4v) is 1.15. The quantitative estimate of drug-likeness (QED) is 0.672. The highest BCUT2D eigenvalue weighted by Gasteiger charge is 2.08. The highest BCUT2D eigenvalue weighted by Crippen LogP contribution is 2.00. The molecule has 2 N–H and O–H groups in total. The first-order chi connectivity index (χ1) is 7.22. The average molecular weight is 228 g/mol. The van der Waals surface area contributed by atoms with Gasteiger partial charge in [-0.3, -0.25) is 15.0 Å². The Morgan fingerprint density at radius 3 is 3.13 bits per heavy atom. The number of amides is 1. The molecular formula is C7H6ClN5O2. The van der Waals surface area contributed by atoms with E-state index in [1.165, 1.54) is 17.3 Å². The van der Waals surface area contributed by atoms with E-state index < -0.39 is 5.91 Å². The van der Waals surface area contributed by atoms with E-state index in [9.17, 15) is 9.59 Å². The Balaban J connectivity index is 2.50. The van der Waals surface area contributed by atoms with Crippen molar-refractivity contribution in [3.8, 4) is 0 Å². The molecule has 0 saturated heterocycles. The molecule has 0 spiro atoms. The average Bonchev–Trinajstić information content (AvgIpc) is 2.63. The third kappa shape index (κ3) is 1.68. The van der Waals surface area contributed by atoms with Gasteiger partial charge in [-0.05, 0) is 0 Å². The molecule has 0 saturated carbocycles. The van der Waals surface area contributed by atoms with E-state index in [0.717, 1.165) is 0 Å². The lowest BCUT2D eigenvalue weighted by molar-refractivity contribution is -0.114. The van der Waals surface area contributed by atoms with Crippen molar-refractivity contribution in [2.75, 3.05) is 11.3 Å². The van der Waals surface area contributed by atoms with Crippen molar-refractivity contribution < 1.29 is 4.79 Å². The lowest BCUT2D eigenvalue weighted by atomic mass is 10.5. The number of hydrogen-bond acceptors (Lipinski definition) is 4. The predicted molar refractivity (Wildman–Crippen MR) is 53.2 cm³/mol. The maximum Gasteiger partial charge on any atom is 0.278 e. The number of halogens is 1. The molecule has 15 heavy (non-hydrogen) atoms. The fraction of sp³-hybridized carbons (Fsp3) is 0.143. The zero-order valence-electron chi connectivity index (χ0n) is 7.40. The summed E-state index contributed by atoms with van der Waals surface area (Å²) in [7, 11) is 0. The summed E-state index contributed by atoms with van der Waals surface area (Å²) in [4.78, 5) is 32.3. The number of nitrogens with zero attached hydrogens (tertiary/aromatic N) is 3. The molecule has 78 valence electrons. The smallest absolute Gasteiger partial charge is 0.278 e. The Kier molecular flexibility index (Phi) is 2.38. The van der Waals surface area contributed by atoms with Crippen LogP contribution in [-0.4, -0.2) is 31.4 Å². The van der Waals surface area contributed by atoms with Crippen LogP contribution in [0, 0.1) is 0 Å². The molecule has 2 heterocycles. The number of H-pyrrole nitrogens is 1. The number of fused-ring (bicyclic) bond motifs is 1. The van der Waals surface area contributed by atoms with Crippen molar-refractivity contribution in [1.82, 2.24) is 19.6 Å². The van der Waals surface area contributed by atoms with Gasteiger partial charge in [0.2, 0.25) is 0 Å². The number of carbonyl (C=O) groups excluding carboxylic acids is 1. The molecule has 0 fully saturated rings. The van der Waals surface area contributed by atoms with Crippen LogP contribution in [0.5, 0.6) is 0 Å². The zero-order valence-corrected chi connectivity index (χ0v) is 8.15. The zero-order chi connectivity index (χ0) is 10.8. The van der Waals surface area contributed by atoms with Crippen LogP contribution in [0.15, 0.2) is 17.4 Å². The summed E-state index contributed by atoms with van der Waals surface area (Å²) in [5.41, 5.74) is 2.48. The summed E-state index contributed by atoms with van der Waals surface area (Å²) in [5.74, 6) is -0.582. The summed E-state index contributed by atoms with van der Waals surface area (Å²) in [6.07, 6.45) is 2.52. The number of aromatic amines is 1. The molecular weight excluding hydrogens is 222 g/mol. The molecule has 2 aromatic heterocycles. The molecule has 7 nitrogen and oxygen atoms in total. The molecule has 0 unspecified atom stereocenters. The molecule has 8 heteroatoms. The van der Waals surface area contributed by atoms with Gasteiger partial charge in [0.05, 0.1) is 6.33 Å². The van der Waals surface area contributed by atoms with Crippen LogP contribution in [0.2, 0.25) is 0 Å². The van der Waals surface area contributed by atoms with E-state index in [1.54, 1.807) is 0 Å². The van der Waals surface area contributed by atoms with Gasteiger partial charge < -0.3 is 4.98 Å². The second-order valence-corrected chi connectivity index (χ2v) is 2.95. The van der Waals surface area contributed by atoms with E-state index in [0.29, 0.717) is 0 Å². The minimum atomic E-state index is -0.405. The van der Waals surface area contributed by atoms with Gasteiger partial charge in [-0.15, -0.1) is 11.6 Å². The summed E-state index contributed by atoms with van der Waals surface area (Å²) < 4.78 is 1.25. The van der Waals surface area contributed by atoms with E-state index in [-0.39, 0.29) is 22.6 Å². The van der Waals surface area contributed by atoms with E-state index >= 15 is 0 Å². The van der Waals surface area contributed by atoms with Gasteiger partial charge in [0.15, 0.2) is 11.2 Å². The van der Waals surface area contributed by atoms with Crippen molar-refractivity contribution in [2.45, 2.75) is 0 Å². The first-order valence-electron chi connectivity index (χ1n) is 3.99. The second-order valence-electron chi connectivity index (χ2n) is 2.69. The Morgan fingerprint density at radius 1 is 1.60 bits per heavy atom. The first-order valence-corrected chi connectivity index (χ1v) is 4.52. The van der Waals surface area contributed by atoms with Gasteiger partial charge in [-0.25, -0.2) is 14.6 Å². The lowest BCUT2D eigenvalue weighted by Gasteiger charge is -2.02. The minimum Gasteiger partial charge on any atom is -0.311 e. The van der Waals surface area contributed by atoms with Crippen molar-refractivity contribution in [3.63, 3.8) is 0 Å². The SMILES string of the molecule is O=C(CCl)Nn1cnc2c(=O)[nH]cnc21. The fourth-order valence-electron chi connectivity index (χ4n) is 1.09. The summed E-state index contributed by atoms with van der Waals surface area (Å²) in [6.45, 7) is 0. The van der Waals surface area contributed by atoms with Crippen molar-refractivity contribution in [3.05, 3.63) is 23.0 Å². The Morgan fingerprint density at radius 2 is 2.40 bits per heavy atom. The molecule has 2 rings (SSSR count). The van der Waals surface area contributed by atoms with Crippen LogP contribution < -0.4 is 11.0 Å². The summed E-state index contributed by atoms with van der Waals surface area (Å²) in [6, 6.07) is 0. The maximum absolute atomic E-state index is 11.2. The number of aromatic nitrogens is 4. The molecule has 0 radical (unpaired) electrons. The summed E-state index contributed by atoms with van der Waals surface area (Å²) in [5, 5.41) is 0. The molecule has 0 bridgehead atoms. The molecule has 2 aromatic rings. The number of nitrogens with one attached hydrogen (secondary N) is 2. The van der Waals surface area contributed by atoms with Crippen LogP contribution >= 0.6 is 11.6 Å². The van der Waals surface area contributed by atoms with E-state index in [2.05, 4.69) is 20.4 Å². The van der Waals surface area contributed by atoms with Crippen molar-refractivity contribution in [2.24, 2.45) is 0 Å². The van der Waals surface area contributed by atoms with Crippen LogP contribution in [0.1, 0.15) is 0 Å². The summed E-state index contributed by atoms with van der Waals surface area (Å²) >= 11 is 5.32. The van der Waals surface area contributed by atoms with E-state index in [4.69, 9.17) is 11.6 Å². The van der Waals surface area contributed by atoms with Gasteiger partial charge in [0, 0.05) is 0 Å². The Bertz CT molecular complexity index is 560. The van der Waals surface area contributed by atoms with Crippen molar-refractivity contribution >= 4 is 28.7 Å². The molecule has 0 aliphatic heterocycles. The number of alkyl halides is 1. The normalized spacial score (nSPS) is 10.5. The molecule has 0 aliphatic carbocycles. The van der Waals surface area contributed by atoms with Crippen LogP contribution in [-0.2, 0) is 4.79 Å². The number of carbonyl (C=O) groups is 1. The molecule has 0 atom stereocenters. The largest absolute Gasteiger partial charge is 0.311 e. The molecule has 0 aromatic carbocycles. The number of hydrogen-bond donors (Lipinski definition) is 2.